The number of aromatic nitrogens is 1. The van der Waals surface area contributed by atoms with Crippen molar-refractivity contribution in [1.29, 1.82) is 0 Å². The molecule has 3 nitrogen and oxygen atoms in total. The van der Waals surface area contributed by atoms with Gasteiger partial charge in [0.2, 0.25) is 0 Å². The Morgan fingerprint density at radius 1 is 1.50 bits per heavy atom. The summed E-state index contributed by atoms with van der Waals surface area (Å²) in [4.78, 5) is 6.75. The molecule has 1 fully saturated rings. The highest BCUT2D eigenvalue weighted by Gasteiger charge is 2.29. The minimum Gasteiger partial charge on any atom is -0.371 e. The molecule has 0 atom stereocenters. The van der Waals surface area contributed by atoms with Gasteiger partial charge >= 0.3 is 0 Å². The minimum absolute atomic E-state index is 0.446. The summed E-state index contributed by atoms with van der Waals surface area (Å²) in [5.74, 6) is 0.977. The Morgan fingerprint density at radius 2 is 2.31 bits per heavy atom. The average molecular weight is 219 g/mol. The van der Waals surface area contributed by atoms with Crippen molar-refractivity contribution in [3.8, 4) is 0 Å². The molecule has 1 aromatic heterocycles. The van der Waals surface area contributed by atoms with Crippen LogP contribution in [0, 0.1) is 5.41 Å². The summed E-state index contributed by atoms with van der Waals surface area (Å²) in [5.41, 5.74) is 1.73. The van der Waals surface area contributed by atoms with Gasteiger partial charge in [-0.25, -0.2) is 4.98 Å². The van der Waals surface area contributed by atoms with Crippen LogP contribution in [-0.4, -0.2) is 24.6 Å². The molecule has 0 saturated carbocycles. The smallest absolute Gasteiger partial charge is 0.127 e. The lowest BCUT2D eigenvalue weighted by atomic mass is 9.93. The molecule has 88 valence electrons. The van der Waals surface area contributed by atoms with Gasteiger partial charge in [-0.1, -0.05) is 13.8 Å². The van der Waals surface area contributed by atoms with Crippen LogP contribution in [0.3, 0.4) is 0 Å². The third-order valence-electron chi connectivity index (χ3n) is 3.14. The van der Waals surface area contributed by atoms with Crippen molar-refractivity contribution in [3.05, 3.63) is 18.3 Å². The van der Waals surface area contributed by atoms with Crippen LogP contribution in [0.15, 0.2) is 18.3 Å². The zero-order valence-corrected chi connectivity index (χ0v) is 10.5. The molecule has 1 aliphatic rings. The van der Waals surface area contributed by atoms with Gasteiger partial charge in [0.15, 0.2) is 0 Å². The first-order valence-electron chi connectivity index (χ1n) is 6.05. The van der Waals surface area contributed by atoms with Crippen LogP contribution >= 0.6 is 0 Å². The molecule has 1 aromatic rings. The van der Waals surface area contributed by atoms with Gasteiger partial charge in [0.05, 0.1) is 0 Å². The van der Waals surface area contributed by atoms with E-state index in [0.29, 0.717) is 5.41 Å². The summed E-state index contributed by atoms with van der Waals surface area (Å²) in [6, 6.07) is 4.24. The molecule has 16 heavy (non-hydrogen) atoms. The quantitative estimate of drug-likeness (QED) is 0.847. The van der Waals surface area contributed by atoms with E-state index in [4.69, 9.17) is 0 Å². The Morgan fingerprint density at radius 3 is 2.94 bits per heavy atom. The molecular weight excluding hydrogens is 198 g/mol. The van der Waals surface area contributed by atoms with Gasteiger partial charge in [0, 0.05) is 37.6 Å². The standard InChI is InChI=1S/C13H21N3/c1-4-14-12-9-11(5-7-15-12)16-8-6-13(2,3)10-16/h5,7,9H,4,6,8,10H2,1-3H3,(H,14,15). The van der Waals surface area contributed by atoms with E-state index in [0.717, 1.165) is 25.5 Å². The third-order valence-corrected chi connectivity index (χ3v) is 3.14. The summed E-state index contributed by atoms with van der Waals surface area (Å²) in [6.07, 6.45) is 3.16. The van der Waals surface area contributed by atoms with Crippen molar-refractivity contribution in [2.45, 2.75) is 27.2 Å². The number of pyridine rings is 1. The van der Waals surface area contributed by atoms with Crippen molar-refractivity contribution < 1.29 is 0 Å². The Hall–Kier alpha value is -1.25. The molecule has 0 spiro atoms. The van der Waals surface area contributed by atoms with Gasteiger partial charge in [-0.15, -0.1) is 0 Å². The molecule has 0 radical (unpaired) electrons. The molecule has 0 aliphatic carbocycles. The van der Waals surface area contributed by atoms with Gasteiger partial charge in [0.1, 0.15) is 5.82 Å². The molecule has 2 heterocycles. The molecule has 0 amide bonds. The molecule has 3 heteroatoms. The fourth-order valence-electron chi connectivity index (χ4n) is 2.23. The third kappa shape index (κ3) is 2.46. The van der Waals surface area contributed by atoms with E-state index >= 15 is 0 Å². The van der Waals surface area contributed by atoms with Crippen molar-refractivity contribution in [1.82, 2.24) is 4.98 Å². The van der Waals surface area contributed by atoms with Gasteiger partial charge in [-0.05, 0) is 24.8 Å². The second-order valence-electron chi connectivity index (χ2n) is 5.27. The zero-order valence-electron chi connectivity index (χ0n) is 10.5. The predicted octanol–water partition coefficient (Wildman–Crippen LogP) is 2.75. The van der Waals surface area contributed by atoms with E-state index in [9.17, 15) is 0 Å². The highest BCUT2D eigenvalue weighted by atomic mass is 15.2. The fourth-order valence-corrected chi connectivity index (χ4v) is 2.23. The van der Waals surface area contributed by atoms with E-state index in [-0.39, 0.29) is 0 Å². The maximum atomic E-state index is 4.30. The van der Waals surface area contributed by atoms with Crippen LogP contribution in [0.25, 0.3) is 0 Å². The Bertz CT molecular complexity index is 360. The van der Waals surface area contributed by atoms with E-state index in [1.54, 1.807) is 0 Å². The van der Waals surface area contributed by atoms with E-state index in [1.807, 2.05) is 6.20 Å². The van der Waals surface area contributed by atoms with E-state index < -0.39 is 0 Å². The topological polar surface area (TPSA) is 28.2 Å². The molecule has 1 N–H and O–H groups in total. The first kappa shape index (κ1) is 11.2. The van der Waals surface area contributed by atoms with Crippen LogP contribution < -0.4 is 10.2 Å². The van der Waals surface area contributed by atoms with Gasteiger partial charge in [-0.3, -0.25) is 0 Å². The van der Waals surface area contributed by atoms with Crippen LogP contribution in [0.4, 0.5) is 11.5 Å². The summed E-state index contributed by atoms with van der Waals surface area (Å²) in [6.45, 7) is 9.97. The minimum atomic E-state index is 0.446. The van der Waals surface area contributed by atoms with Crippen molar-refractivity contribution >= 4 is 11.5 Å². The van der Waals surface area contributed by atoms with Gasteiger partial charge in [0.25, 0.3) is 0 Å². The monoisotopic (exact) mass is 219 g/mol. The van der Waals surface area contributed by atoms with Crippen LogP contribution in [-0.2, 0) is 0 Å². The lowest BCUT2D eigenvalue weighted by molar-refractivity contribution is 0.418. The number of hydrogen-bond donors (Lipinski definition) is 1. The van der Waals surface area contributed by atoms with Crippen molar-refractivity contribution in [2.75, 3.05) is 29.9 Å². The first-order valence-corrected chi connectivity index (χ1v) is 6.05. The summed E-state index contributed by atoms with van der Waals surface area (Å²) in [7, 11) is 0. The number of rotatable bonds is 3. The van der Waals surface area contributed by atoms with Gasteiger partial charge in [-0.2, -0.15) is 0 Å². The zero-order chi connectivity index (χ0) is 11.6. The lowest BCUT2D eigenvalue weighted by Gasteiger charge is -2.21. The fraction of sp³-hybridized carbons (Fsp3) is 0.615. The maximum absolute atomic E-state index is 4.30. The van der Waals surface area contributed by atoms with Gasteiger partial charge < -0.3 is 10.2 Å². The second-order valence-corrected chi connectivity index (χ2v) is 5.27. The molecule has 1 aliphatic heterocycles. The number of hydrogen-bond acceptors (Lipinski definition) is 3. The summed E-state index contributed by atoms with van der Waals surface area (Å²) in [5, 5.41) is 3.25. The summed E-state index contributed by atoms with van der Waals surface area (Å²) >= 11 is 0. The molecule has 2 rings (SSSR count). The maximum Gasteiger partial charge on any atom is 0.127 e. The molecule has 1 saturated heterocycles. The van der Waals surface area contributed by atoms with Crippen LogP contribution in [0.1, 0.15) is 27.2 Å². The average Bonchev–Trinajstić information content (AvgIpc) is 2.60. The van der Waals surface area contributed by atoms with E-state index in [2.05, 4.69) is 48.1 Å². The second kappa shape index (κ2) is 4.32. The summed E-state index contributed by atoms with van der Waals surface area (Å²) < 4.78 is 0. The number of anilines is 2. The molecule has 0 bridgehead atoms. The first-order chi connectivity index (χ1) is 7.61. The van der Waals surface area contributed by atoms with Crippen LogP contribution in [0.2, 0.25) is 0 Å². The molecular formula is C13H21N3. The van der Waals surface area contributed by atoms with Crippen molar-refractivity contribution in [3.63, 3.8) is 0 Å². The number of nitrogens with one attached hydrogen (secondary N) is 1. The normalized spacial score (nSPS) is 18.8. The van der Waals surface area contributed by atoms with Crippen molar-refractivity contribution in [2.24, 2.45) is 5.41 Å². The Kier molecular flexibility index (Phi) is 3.03. The van der Waals surface area contributed by atoms with Crippen LogP contribution in [0.5, 0.6) is 0 Å². The predicted molar refractivity (Wildman–Crippen MR) is 69.0 cm³/mol. The van der Waals surface area contributed by atoms with E-state index in [1.165, 1.54) is 12.1 Å². The highest BCUT2D eigenvalue weighted by Crippen LogP contribution is 2.32. The number of nitrogens with zero attached hydrogens (tertiary/aromatic N) is 2. The lowest BCUT2D eigenvalue weighted by Crippen LogP contribution is -2.22. The Labute approximate surface area is 97.9 Å². The molecule has 0 unspecified atom stereocenters. The highest BCUT2D eigenvalue weighted by molar-refractivity contribution is 5.54. The Balaban J connectivity index is 2.12. The molecule has 0 aromatic carbocycles. The SMILES string of the molecule is CCNc1cc(N2CCC(C)(C)C2)ccn1. The largest absolute Gasteiger partial charge is 0.371 e.